The molecule has 0 saturated heterocycles. The van der Waals surface area contributed by atoms with Gasteiger partial charge in [-0.25, -0.2) is 0 Å². The van der Waals surface area contributed by atoms with Gasteiger partial charge in [0.1, 0.15) is 11.5 Å². The van der Waals surface area contributed by atoms with Crippen LogP contribution in [0.3, 0.4) is 0 Å². The van der Waals surface area contributed by atoms with Gasteiger partial charge >= 0.3 is 0 Å². The van der Waals surface area contributed by atoms with Gasteiger partial charge in [-0.15, -0.1) is 0 Å². The van der Waals surface area contributed by atoms with E-state index in [0.717, 1.165) is 11.1 Å². The van der Waals surface area contributed by atoms with Crippen molar-refractivity contribution in [2.75, 3.05) is 0 Å². The molecule has 0 atom stereocenters. The normalized spacial score (nSPS) is 13.3. The predicted molar refractivity (Wildman–Crippen MR) is 133 cm³/mol. The lowest BCUT2D eigenvalue weighted by atomic mass is 9.67. The smallest absolute Gasteiger partial charge is 0.115 e. The fourth-order valence-corrected chi connectivity index (χ4v) is 5.31. The predicted octanol–water partition coefficient (Wildman–Crippen LogP) is 7.13. The Balaban J connectivity index is 1.70. The average molecular weight is 427 g/mol. The Hall–Kier alpha value is -4.30. The Bertz CT molecular complexity index is 1400. The van der Waals surface area contributed by atoms with Crippen molar-refractivity contribution in [2.45, 2.75) is 5.41 Å². The summed E-state index contributed by atoms with van der Waals surface area (Å²) >= 11 is 0. The lowest BCUT2D eigenvalue weighted by molar-refractivity contribution is 0.475. The minimum Gasteiger partial charge on any atom is -0.508 e. The Labute approximate surface area is 193 Å². The molecule has 0 heterocycles. The molecule has 0 spiro atoms. The van der Waals surface area contributed by atoms with E-state index in [1.807, 2.05) is 30.3 Å². The van der Waals surface area contributed by atoms with E-state index in [1.54, 1.807) is 24.3 Å². The third kappa shape index (κ3) is 2.88. The number of phenolic OH excluding ortho intramolecular Hbond substituents is 2. The molecule has 2 N–H and O–H groups in total. The first kappa shape index (κ1) is 19.4. The molecule has 0 unspecified atom stereocenters. The summed E-state index contributed by atoms with van der Waals surface area (Å²) in [7, 11) is 0. The molecule has 0 fully saturated rings. The third-order valence-electron chi connectivity index (χ3n) is 6.75. The SMILES string of the molecule is Oc1ccc(C2(c3ccc(O)cc3)c3ccccc3-c3cc(-c4ccccc4)ccc32)cc1. The maximum Gasteiger partial charge on any atom is 0.115 e. The summed E-state index contributed by atoms with van der Waals surface area (Å²) in [5.74, 6) is 0.482. The van der Waals surface area contributed by atoms with Crippen LogP contribution in [-0.4, -0.2) is 10.2 Å². The zero-order valence-electron chi connectivity index (χ0n) is 17.9. The van der Waals surface area contributed by atoms with Crippen LogP contribution in [-0.2, 0) is 5.41 Å². The average Bonchev–Trinajstić information content (AvgIpc) is 3.16. The minimum absolute atomic E-state index is 0.241. The van der Waals surface area contributed by atoms with Crippen LogP contribution >= 0.6 is 0 Å². The highest BCUT2D eigenvalue weighted by Crippen LogP contribution is 2.56. The summed E-state index contributed by atoms with van der Waals surface area (Å²) in [4.78, 5) is 0. The molecule has 1 aliphatic rings. The van der Waals surface area contributed by atoms with E-state index in [-0.39, 0.29) is 11.5 Å². The first-order chi connectivity index (χ1) is 16.2. The van der Waals surface area contributed by atoms with Crippen molar-refractivity contribution in [1.82, 2.24) is 0 Å². The molecular weight excluding hydrogens is 404 g/mol. The fourth-order valence-electron chi connectivity index (χ4n) is 5.31. The Kier molecular flexibility index (Phi) is 4.34. The van der Waals surface area contributed by atoms with Gasteiger partial charge in [0, 0.05) is 0 Å². The van der Waals surface area contributed by atoms with Crippen LogP contribution in [0.5, 0.6) is 11.5 Å². The van der Waals surface area contributed by atoms with Crippen molar-refractivity contribution in [2.24, 2.45) is 0 Å². The van der Waals surface area contributed by atoms with Crippen LogP contribution in [0.15, 0.2) is 121 Å². The highest BCUT2D eigenvalue weighted by molar-refractivity contribution is 5.88. The van der Waals surface area contributed by atoms with Gasteiger partial charge < -0.3 is 10.2 Å². The summed E-state index contributed by atoms with van der Waals surface area (Å²) in [6.45, 7) is 0. The molecule has 5 aromatic carbocycles. The van der Waals surface area contributed by atoms with Gasteiger partial charge in [-0.05, 0) is 74.8 Å². The van der Waals surface area contributed by atoms with E-state index in [1.165, 1.54) is 33.4 Å². The molecule has 6 rings (SSSR count). The first-order valence-corrected chi connectivity index (χ1v) is 11.1. The van der Waals surface area contributed by atoms with E-state index >= 15 is 0 Å². The van der Waals surface area contributed by atoms with Crippen LogP contribution in [0.2, 0.25) is 0 Å². The summed E-state index contributed by atoms with van der Waals surface area (Å²) < 4.78 is 0. The van der Waals surface area contributed by atoms with E-state index < -0.39 is 5.41 Å². The maximum atomic E-state index is 10.0. The number of aromatic hydroxyl groups is 2. The second-order valence-corrected chi connectivity index (χ2v) is 8.52. The van der Waals surface area contributed by atoms with Crippen molar-refractivity contribution in [3.8, 4) is 33.8 Å². The standard InChI is InChI=1S/C31H22O2/c32-25-15-11-23(12-16-25)31(24-13-17-26(33)18-14-24)29-9-5-4-8-27(29)28-20-22(10-19-30(28)31)21-6-2-1-3-7-21/h1-20,32-33H. The summed E-state index contributed by atoms with van der Waals surface area (Å²) in [6.07, 6.45) is 0. The molecule has 2 heteroatoms. The number of hydrogen-bond donors (Lipinski definition) is 2. The maximum absolute atomic E-state index is 10.0. The van der Waals surface area contributed by atoms with Crippen molar-refractivity contribution in [1.29, 1.82) is 0 Å². The van der Waals surface area contributed by atoms with E-state index in [9.17, 15) is 10.2 Å². The van der Waals surface area contributed by atoms with Gasteiger partial charge in [0.05, 0.1) is 5.41 Å². The van der Waals surface area contributed by atoms with Crippen LogP contribution in [0.25, 0.3) is 22.3 Å². The molecule has 0 aromatic heterocycles. The van der Waals surface area contributed by atoms with Gasteiger partial charge in [0.2, 0.25) is 0 Å². The molecule has 0 radical (unpaired) electrons. The van der Waals surface area contributed by atoms with Gasteiger partial charge in [-0.2, -0.15) is 0 Å². The largest absolute Gasteiger partial charge is 0.508 e. The highest BCUT2D eigenvalue weighted by Gasteiger charge is 2.46. The summed E-state index contributed by atoms with van der Waals surface area (Å²) in [5, 5.41) is 20.0. The Morgan fingerprint density at radius 3 is 1.61 bits per heavy atom. The van der Waals surface area contributed by atoms with Gasteiger partial charge in [0.25, 0.3) is 0 Å². The van der Waals surface area contributed by atoms with Crippen LogP contribution in [0, 0.1) is 0 Å². The molecular formula is C31H22O2. The number of hydrogen-bond acceptors (Lipinski definition) is 2. The molecule has 0 amide bonds. The molecule has 0 aliphatic heterocycles. The molecule has 1 aliphatic carbocycles. The second kappa shape index (κ2) is 7.39. The van der Waals surface area contributed by atoms with Crippen LogP contribution < -0.4 is 0 Å². The molecule has 5 aromatic rings. The molecule has 33 heavy (non-hydrogen) atoms. The number of fused-ring (bicyclic) bond motifs is 3. The first-order valence-electron chi connectivity index (χ1n) is 11.1. The van der Waals surface area contributed by atoms with Crippen molar-refractivity contribution >= 4 is 0 Å². The zero-order valence-corrected chi connectivity index (χ0v) is 17.9. The number of rotatable bonds is 3. The fraction of sp³-hybridized carbons (Fsp3) is 0.0323. The van der Waals surface area contributed by atoms with Gasteiger partial charge in [0.15, 0.2) is 0 Å². The molecule has 0 bridgehead atoms. The lowest BCUT2D eigenvalue weighted by Gasteiger charge is -2.34. The van der Waals surface area contributed by atoms with Crippen molar-refractivity contribution in [3.63, 3.8) is 0 Å². The Morgan fingerprint density at radius 2 is 0.970 bits per heavy atom. The minimum atomic E-state index is -0.553. The second-order valence-electron chi connectivity index (χ2n) is 8.52. The third-order valence-corrected chi connectivity index (χ3v) is 6.75. The quantitative estimate of drug-likeness (QED) is 0.316. The molecule has 0 saturated carbocycles. The van der Waals surface area contributed by atoms with Gasteiger partial charge in [-0.3, -0.25) is 0 Å². The lowest BCUT2D eigenvalue weighted by Crippen LogP contribution is -2.28. The number of benzene rings is 5. The van der Waals surface area contributed by atoms with E-state index in [4.69, 9.17) is 0 Å². The monoisotopic (exact) mass is 426 g/mol. The molecule has 158 valence electrons. The summed E-state index contributed by atoms with van der Waals surface area (Å²) in [6, 6.07) is 40.7. The van der Waals surface area contributed by atoms with Crippen LogP contribution in [0.1, 0.15) is 22.3 Å². The van der Waals surface area contributed by atoms with Crippen molar-refractivity contribution < 1.29 is 10.2 Å². The molecule has 2 nitrogen and oxygen atoms in total. The van der Waals surface area contributed by atoms with Crippen molar-refractivity contribution in [3.05, 3.63) is 144 Å². The van der Waals surface area contributed by atoms with E-state index in [2.05, 4.69) is 66.7 Å². The zero-order chi connectivity index (χ0) is 22.4. The number of phenols is 2. The van der Waals surface area contributed by atoms with Gasteiger partial charge in [-0.1, -0.05) is 91.0 Å². The topological polar surface area (TPSA) is 40.5 Å². The van der Waals surface area contributed by atoms with Crippen LogP contribution in [0.4, 0.5) is 0 Å². The van der Waals surface area contributed by atoms with E-state index in [0.29, 0.717) is 0 Å². The summed E-state index contributed by atoms with van der Waals surface area (Å²) in [5.41, 5.74) is 8.75. The Morgan fingerprint density at radius 1 is 0.424 bits per heavy atom. The highest BCUT2D eigenvalue weighted by atomic mass is 16.3.